The molecule has 1 saturated heterocycles. The topological polar surface area (TPSA) is 84.5 Å². The molecule has 1 amide bonds. The van der Waals surface area contributed by atoms with Crippen molar-refractivity contribution in [2.45, 2.75) is 25.5 Å². The van der Waals surface area contributed by atoms with Crippen molar-refractivity contribution >= 4 is 27.5 Å². The molecule has 1 aliphatic rings. The second-order valence-corrected chi connectivity index (χ2v) is 7.39. The lowest BCUT2D eigenvalue weighted by Crippen LogP contribution is -2.39. The van der Waals surface area contributed by atoms with Crippen LogP contribution < -0.4 is 10.0 Å². The number of carbonyl (C=O) groups excluding carboxylic acids is 1. The molecule has 122 valence electrons. The molecule has 1 aromatic rings. The standard InChI is InChI=1S/C14H19ClN2O4S/c15-12-5-3-11(4-6-12)8-16-14(18)10-22(19,20)17-9-13-2-1-7-21-13/h3-6,13,17H,1-2,7-10H2,(H,16,18)/t13-/m1/s1. The Balaban J connectivity index is 1.73. The van der Waals surface area contributed by atoms with Crippen molar-refractivity contribution in [3.8, 4) is 0 Å². The third kappa shape index (κ3) is 5.92. The van der Waals surface area contributed by atoms with Gasteiger partial charge in [-0.1, -0.05) is 23.7 Å². The molecule has 1 heterocycles. The first-order valence-corrected chi connectivity index (χ1v) is 9.08. The predicted octanol–water partition coefficient (Wildman–Crippen LogP) is 1.05. The Morgan fingerprint density at radius 1 is 1.32 bits per heavy atom. The van der Waals surface area contributed by atoms with Crippen LogP contribution >= 0.6 is 11.6 Å². The van der Waals surface area contributed by atoms with Gasteiger partial charge in [0.2, 0.25) is 15.9 Å². The van der Waals surface area contributed by atoms with E-state index in [9.17, 15) is 13.2 Å². The summed E-state index contributed by atoms with van der Waals surface area (Å²) in [5.74, 6) is -1.14. The number of sulfonamides is 1. The number of carbonyl (C=O) groups is 1. The van der Waals surface area contributed by atoms with Gasteiger partial charge in [0.15, 0.2) is 0 Å². The van der Waals surface area contributed by atoms with Gasteiger partial charge in [0.25, 0.3) is 0 Å². The molecule has 1 aliphatic heterocycles. The summed E-state index contributed by atoms with van der Waals surface area (Å²) in [4.78, 5) is 11.7. The Bertz CT molecular complexity index is 598. The maximum atomic E-state index is 11.8. The lowest BCUT2D eigenvalue weighted by Gasteiger charge is -2.11. The molecule has 0 bridgehead atoms. The van der Waals surface area contributed by atoms with E-state index in [1.807, 2.05) is 0 Å². The van der Waals surface area contributed by atoms with Crippen molar-refractivity contribution in [2.75, 3.05) is 18.9 Å². The van der Waals surface area contributed by atoms with E-state index >= 15 is 0 Å². The summed E-state index contributed by atoms with van der Waals surface area (Å²) < 4.78 is 31.4. The Morgan fingerprint density at radius 2 is 2.05 bits per heavy atom. The van der Waals surface area contributed by atoms with Gasteiger partial charge >= 0.3 is 0 Å². The fraction of sp³-hybridized carbons (Fsp3) is 0.500. The van der Waals surface area contributed by atoms with Crippen LogP contribution in [-0.4, -0.2) is 39.3 Å². The second-order valence-electron chi connectivity index (χ2n) is 5.15. The molecular formula is C14H19ClN2O4S. The fourth-order valence-electron chi connectivity index (χ4n) is 2.10. The summed E-state index contributed by atoms with van der Waals surface area (Å²) in [6.45, 7) is 1.14. The van der Waals surface area contributed by atoms with Crippen LogP contribution in [0.1, 0.15) is 18.4 Å². The van der Waals surface area contributed by atoms with Crippen LogP contribution in [0, 0.1) is 0 Å². The van der Waals surface area contributed by atoms with Gasteiger partial charge in [-0.05, 0) is 30.5 Å². The lowest BCUT2D eigenvalue weighted by molar-refractivity contribution is -0.118. The third-order valence-corrected chi connectivity index (χ3v) is 4.78. The molecule has 0 unspecified atom stereocenters. The molecule has 2 rings (SSSR count). The molecule has 0 spiro atoms. The summed E-state index contributed by atoms with van der Waals surface area (Å²) in [5.41, 5.74) is 0.850. The average Bonchev–Trinajstić information content (AvgIpc) is 2.98. The summed E-state index contributed by atoms with van der Waals surface area (Å²) in [6, 6.07) is 6.96. The average molecular weight is 347 g/mol. The SMILES string of the molecule is O=C(CS(=O)(=O)NC[C@H]1CCCO1)NCc1ccc(Cl)cc1. The summed E-state index contributed by atoms with van der Waals surface area (Å²) in [7, 11) is -3.64. The predicted molar refractivity (Wildman–Crippen MR) is 84.1 cm³/mol. The van der Waals surface area contributed by atoms with Crippen molar-refractivity contribution in [2.24, 2.45) is 0 Å². The minimum atomic E-state index is -3.64. The molecule has 0 aliphatic carbocycles. The van der Waals surface area contributed by atoms with Gasteiger partial charge < -0.3 is 10.1 Å². The Morgan fingerprint density at radius 3 is 2.68 bits per heavy atom. The highest BCUT2D eigenvalue weighted by atomic mass is 35.5. The summed E-state index contributed by atoms with van der Waals surface area (Å²) in [6.07, 6.45) is 1.69. The number of rotatable bonds is 7. The van der Waals surface area contributed by atoms with Crippen molar-refractivity contribution in [3.05, 3.63) is 34.9 Å². The number of benzene rings is 1. The smallest absolute Gasteiger partial charge is 0.236 e. The fourth-order valence-corrected chi connectivity index (χ4v) is 3.22. The van der Waals surface area contributed by atoms with Crippen LogP contribution in [0.3, 0.4) is 0 Å². The molecule has 0 radical (unpaired) electrons. The lowest BCUT2D eigenvalue weighted by atomic mass is 10.2. The van der Waals surface area contributed by atoms with E-state index in [0.29, 0.717) is 11.6 Å². The maximum absolute atomic E-state index is 11.8. The number of hydrogen-bond acceptors (Lipinski definition) is 4. The Labute approximate surface area is 135 Å². The molecule has 1 atom stereocenters. The first-order valence-electron chi connectivity index (χ1n) is 7.05. The molecule has 22 heavy (non-hydrogen) atoms. The molecule has 6 nitrogen and oxygen atoms in total. The van der Waals surface area contributed by atoms with E-state index < -0.39 is 21.7 Å². The highest BCUT2D eigenvalue weighted by Gasteiger charge is 2.20. The highest BCUT2D eigenvalue weighted by molar-refractivity contribution is 7.90. The van der Waals surface area contributed by atoms with E-state index in [-0.39, 0.29) is 19.2 Å². The van der Waals surface area contributed by atoms with Crippen LogP contribution in [-0.2, 0) is 26.1 Å². The van der Waals surface area contributed by atoms with Crippen LogP contribution in [0.25, 0.3) is 0 Å². The minimum Gasteiger partial charge on any atom is -0.377 e. The van der Waals surface area contributed by atoms with Gasteiger partial charge in [0.1, 0.15) is 5.75 Å². The molecule has 2 N–H and O–H groups in total. The summed E-state index contributed by atoms with van der Waals surface area (Å²) in [5, 5.41) is 3.18. The van der Waals surface area contributed by atoms with Crippen LogP contribution in [0.5, 0.6) is 0 Å². The molecule has 8 heteroatoms. The summed E-state index contributed by atoms with van der Waals surface area (Å²) >= 11 is 5.76. The molecular weight excluding hydrogens is 328 g/mol. The number of halogens is 1. The number of hydrogen-bond donors (Lipinski definition) is 2. The van der Waals surface area contributed by atoms with Gasteiger partial charge in [0, 0.05) is 24.7 Å². The van der Waals surface area contributed by atoms with Gasteiger partial charge in [-0.15, -0.1) is 0 Å². The van der Waals surface area contributed by atoms with Crippen molar-refractivity contribution < 1.29 is 17.9 Å². The third-order valence-electron chi connectivity index (χ3n) is 3.28. The number of ether oxygens (including phenoxy) is 1. The Hall–Kier alpha value is -1.15. The van der Waals surface area contributed by atoms with E-state index in [4.69, 9.17) is 16.3 Å². The first-order chi connectivity index (χ1) is 10.4. The van der Waals surface area contributed by atoms with Crippen LogP contribution in [0.2, 0.25) is 5.02 Å². The quantitative estimate of drug-likeness (QED) is 0.773. The van der Waals surface area contributed by atoms with Gasteiger partial charge in [-0.25, -0.2) is 13.1 Å². The molecule has 1 fully saturated rings. The van der Waals surface area contributed by atoms with E-state index in [1.165, 1.54) is 0 Å². The largest absolute Gasteiger partial charge is 0.377 e. The van der Waals surface area contributed by atoms with Crippen LogP contribution in [0.15, 0.2) is 24.3 Å². The zero-order valence-corrected chi connectivity index (χ0v) is 13.6. The molecule has 1 aromatic carbocycles. The second kappa shape index (κ2) is 7.92. The van der Waals surface area contributed by atoms with Crippen molar-refractivity contribution in [3.63, 3.8) is 0 Å². The normalized spacial score (nSPS) is 18.3. The van der Waals surface area contributed by atoms with Gasteiger partial charge in [-0.2, -0.15) is 0 Å². The minimum absolute atomic E-state index is 0.0908. The van der Waals surface area contributed by atoms with Crippen molar-refractivity contribution in [1.29, 1.82) is 0 Å². The van der Waals surface area contributed by atoms with E-state index in [0.717, 1.165) is 18.4 Å². The Kier molecular flexibility index (Phi) is 6.19. The zero-order valence-electron chi connectivity index (χ0n) is 12.0. The first kappa shape index (κ1) is 17.2. The van der Waals surface area contributed by atoms with Crippen molar-refractivity contribution in [1.82, 2.24) is 10.0 Å². The van der Waals surface area contributed by atoms with Gasteiger partial charge in [0.05, 0.1) is 6.10 Å². The van der Waals surface area contributed by atoms with Crippen LogP contribution in [0.4, 0.5) is 0 Å². The highest BCUT2D eigenvalue weighted by Crippen LogP contribution is 2.11. The molecule has 0 aromatic heterocycles. The molecule has 0 saturated carbocycles. The van der Waals surface area contributed by atoms with Gasteiger partial charge in [-0.3, -0.25) is 4.79 Å². The number of nitrogens with one attached hydrogen (secondary N) is 2. The maximum Gasteiger partial charge on any atom is 0.236 e. The van der Waals surface area contributed by atoms with E-state index in [1.54, 1.807) is 24.3 Å². The number of amides is 1. The van der Waals surface area contributed by atoms with E-state index in [2.05, 4.69) is 10.0 Å². The monoisotopic (exact) mass is 346 g/mol. The zero-order chi connectivity index (χ0) is 16.0.